The molecule has 0 N–H and O–H groups in total. The predicted octanol–water partition coefficient (Wildman–Crippen LogP) is 9.10. The number of rotatable bonds is 2. The number of aromatic nitrogens is 2. The second-order valence-corrected chi connectivity index (χ2v) is 10.1. The number of hydrogen-bond donors (Lipinski definition) is 0. The maximum Gasteiger partial charge on any atom is 0.0727 e. The molecule has 8 aromatic rings. The smallest absolute Gasteiger partial charge is 0.0727 e. The molecule has 3 heterocycles. The summed E-state index contributed by atoms with van der Waals surface area (Å²) in [4.78, 5) is 0. The second-order valence-electron chi connectivity index (χ2n) is 9.02. The van der Waals surface area contributed by atoms with Crippen LogP contribution in [0, 0.1) is 0 Å². The van der Waals surface area contributed by atoms with E-state index >= 15 is 0 Å². The quantitative estimate of drug-likeness (QED) is 0.241. The van der Waals surface area contributed by atoms with Crippen LogP contribution in [-0.2, 0) is 0 Å². The number of hydrogen-bond acceptors (Lipinski definition) is 1. The zero-order valence-corrected chi connectivity index (χ0v) is 19.7. The van der Waals surface area contributed by atoms with Gasteiger partial charge < -0.3 is 9.13 Å². The Morgan fingerprint density at radius 3 is 1.89 bits per heavy atom. The SMILES string of the molecule is c1ccc(-n2c3ccccc3c3cc(-n4c5ccccc5c5sc6ccccc6c54)ccc32)cc1. The molecule has 0 amide bonds. The summed E-state index contributed by atoms with van der Waals surface area (Å²) >= 11 is 1.89. The molecule has 0 fully saturated rings. The van der Waals surface area contributed by atoms with Crippen molar-refractivity contribution in [1.82, 2.24) is 9.13 Å². The van der Waals surface area contributed by atoms with Crippen molar-refractivity contribution in [2.24, 2.45) is 0 Å². The highest BCUT2D eigenvalue weighted by Crippen LogP contribution is 2.43. The van der Waals surface area contributed by atoms with Crippen molar-refractivity contribution in [2.45, 2.75) is 0 Å². The average Bonchev–Trinajstić information content (AvgIpc) is 3.56. The average molecular weight is 465 g/mol. The van der Waals surface area contributed by atoms with Gasteiger partial charge in [-0.3, -0.25) is 0 Å². The number of thiophene rings is 1. The van der Waals surface area contributed by atoms with E-state index in [1.54, 1.807) is 0 Å². The van der Waals surface area contributed by atoms with Gasteiger partial charge in [0.15, 0.2) is 0 Å². The molecule has 3 aromatic heterocycles. The standard InChI is InChI=1S/C32H20N2S/c1-2-10-21(11-3-1)33-27-15-7-4-12-23(27)26-20-22(18-19-29(26)33)34-28-16-8-5-13-24(28)32-31(34)25-14-6-9-17-30(25)35-32/h1-20H. The molecule has 0 atom stereocenters. The Labute approximate surface area is 205 Å². The lowest BCUT2D eigenvalue weighted by atomic mass is 10.1. The number of fused-ring (bicyclic) bond motifs is 8. The summed E-state index contributed by atoms with van der Waals surface area (Å²) in [7, 11) is 0. The highest BCUT2D eigenvalue weighted by molar-refractivity contribution is 7.26. The van der Waals surface area contributed by atoms with Crippen LogP contribution in [0.1, 0.15) is 0 Å². The van der Waals surface area contributed by atoms with E-state index < -0.39 is 0 Å². The van der Waals surface area contributed by atoms with Crippen LogP contribution in [0.25, 0.3) is 64.4 Å². The van der Waals surface area contributed by atoms with Crippen LogP contribution in [0.5, 0.6) is 0 Å². The van der Waals surface area contributed by atoms with E-state index in [2.05, 4.69) is 130 Å². The minimum Gasteiger partial charge on any atom is -0.309 e. The molecule has 0 saturated carbocycles. The molecule has 35 heavy (non-hydrogen) atoms. The fourth-order valence-corrected chi connectivity index (χ4v) is 6.86. The van der Waals surface area contributed by atoms with E-state index in [-0.39, 0.29) is 0 Å². The van der Waals surface area contributed by atoms with E-state index in [9.17, 15) is 0 Å². The van der Waals surface area contributed by atoms with E-state index in [1.165, 1.54) is 64.4 Å². The second kappa shape index (κ2) is 7.08. The van der Waals surface area contributed by atoms with Gasteiger partial charge in [0.25, 0.3) is 0 Å². The van der Waals surface area contributed by atoms with Crippen molar-refractivity contribution in [2.75, 3.05) is 0 Å². The zero-order chi connectivity index (χ0) is 22.9. The van der Waals surface area contributed by atoms with E-state index in [1.807, 2.05) is 11.3 Å². The molecule has 3 heteroatoms. The van der Waals surface area contributed by atoms with E-state index in [4.69, 9.17) is 0 Å². The Morgan fingerprint density at radius 1 is 0.429 bits per heavy atom. The minimum absolute atomic E-state index is 1.18. The van der Waals surface area contributed by atoms with Gasteiger partial charge in [-0.25, -0.2) is 0 Å². The Balaban J connectivity index is 1.51. The monoisotopic (exact) mass is 464 g/mol. The summed E-state index contributed by atoms with van der Waals surface area (Å²) in [5, 5.41) is 5.18. The minimum atomic E-state index is 1.18. The highest BCUT2D eigenvalue weighted by atomic mass is 32.1. The molecular formula is C32H20N2S. The third-order valence-electron chi connectivity index (χ3n) is 7.11. The van der Waals surface area contributed by atoms with Crippen LogP contribution < -0.4 is 0 Å². The zero-order valence-electron chi connectivity index (χ0n) is 18.8. The first kappa shape index (κ1) is 19.0. The maximum atomic E-state index is 2.46. The van der Waals surface area contributed by atoms with Gasteiger partial charge in [-0.15, -0.1) is 11.3 Å². The summed E-state index contributed by atoms with van der Waals surface area (Å²) in [6.45, 7) is 0. The van der Waals surface area contributed by atoms with Crippen molar-refractivity contribution in [1.29, 1.82) is 0 Å². The van der Waals surface area contributed by atoms with Gasteiger partial charge >= 0.3 is 0 Å². The van der Waals surface area contributed by atoms with Crippen LogP contribution in [0.4, 0.5) is 0 Å². The fourth-order valence-electron chi connectivity index (χ4n) is 5.64. The van der Waals surface area contributed by atoms with Crippen molar-refractivity contribution >= 4 is 64.3 Å². The molecule has 0 radical (unpaired) electrons. The first-order chi connectivity index (χ1) is 17.4. The molecular weight excluding hydrogens is 444 g/mol. The van der Waals surface area contributed by atoms with Crippen molar-refractivity contribution in [3.8, 4) is 11.4 Å². The summed E-state index contributed by atoms with van der Waals surface area (Å²) in [6, 6.07) is 43.9. The van der Waals surface area contributed by atoms with Gasteiger partial charge in [-0.1, -0.05) is 72.8 Å². The van der Waals surface area contributed by atoms with Crippen molar-refractivity contribution < 1.29 is 0 Å². The van der Waals surface area contributed by atoms with Gasteiger partial charge in [0, 0.05) is 37.6 Å². The largest absolute Gasteiger partial charge is 0.309 e. The Morgan fingerprint density at radius 2 is 1.06 bits per heavy atom. The topological polar surface area (TPSA) is 9.86 Å². The summed E-state index contributed by atoms with van der Waals surface area (Å²) in [6.07, 6.45) is 0. The lowest BCUT2D eigenvalue weighted by Gasteiger charge is -2.10. The molecule has 2 nitrogen and oxygen atoms in total. The third kappa shape index (κ3) is 2.59. The molecule has 0 unspecified atom stereocenters. The third-order valence-corrected chi connectivity index (χ3v) is 8.30. The molecule has 0 aliphatic rings. The van der Waals surface area contributed by atoms with Crippen molar-refractivity contribution in [3.63, 3.8) is 0 Å². The molecule has 0 bridgehead atoms. The lowest BCUT2D eigenvalue weighted by molar-refractivity contribution is 1.17. The van der Waals surface area contributed by atoms with Gasteiger partial charge in [0.2, 0.25) is 0 Å². The van der Waals surface area contributed by atoms with Gasteiger partial charge in [-0.05, 0) is 48.5 Å². The predicted molar refractivity (Wildman–Crippen MR) is 151 cm³/mol. The van der Waals surface area contributed by atoms with Crippen LogP contribution in [0.2, 0.25) is 0 Å². The molecule has 0 aliphatic carbocycles. The molecule has 0 aliphatic heterocycles. The Kier molecular flexibility index (Phi) is 3.85. The number of nitrogens with zero attached hydrogens (tertiary/aromatic N) is 2. The van der Waals surface area contributed by atoms with Crippen LogP contribution in [0.15, 0.2) is 121 Å². The normalized spacial score (nSPS) is 12.0. The number of para-hydroxylation sites is 3. The van der Waals surface area contributed by atoms with Crippen LogP contribution in [0.3, 0.4) is 0 Å². The van der Waals surface area contributed by atoms with Crippen molar-refractivity contribution in [3.05, 3.63) is 121 Å². The molecule has 8 rings (SSSR count). The first-order valence-corrected chi connectivity index (χ1v) is 12.7. The summed E-state index contributed by atoms with van der Waals surface area (Å²) in [5.41, 5.74) is 7.40. The van der Waals surface area contributed by atoms with Gasteiger partial charge in [0.1, 0.15) is 0 Å². The number of benzene rings is 5. The maximum absolute atomic E-state index is 2.46. The summed E-state index contributed by atoms with van der Waals surface area (Å²) in [5.74, 6) is 0. The van der Waals surface area contributed by atoms with Crippen LogP contribution in [-0.4, -0.2) is 9.13 Å². The van der Waals surface area contributed by atoms with E-state index in [0.29, 0.717) is 0 Å². The highest BCUT2D eigenvalue weighted by Gasteiger charge is 2.19. The van der Waals surface area contributed by atoms with Crippen LogP contribution >= 0.6 is 11.3 Å². The van der Waals surface area contributed by atoms with Gasteiger partial charge in [0.05, 0.1) is 26.8 Å². The summed E-state index contributed by atoms with van der Waals surface area (Å²) < 4.78 is 7.52. The Bertz CT molecular complexity index is 2050. The Hall–Kier alpha value is -4.34. The fraction of sp³-hybridized carbons (Fsp3) is 0. The molecule has 0 saturated heterocycles. The van der Waals surface area contributed by atoms with Gasteiger partial charge in [-0.2, -0.15) is 0 Å². The van der Waals surface area contributed by atoms with E-state index in [0.717, 1.165) is 0 Å². The molecule has 5 aromatic carbocycles. The lowest BCUT2D eigenvalue weighted by Crippen LogP contribution is -1.95. The first-order valence-electron chi connectivity index (χ1n) is 11.9. The molecule has 164 valence electrons. The molecule has 0 spiro atoms.